The predicted octanol–water partition coefficient (Wildman–Crippen LogP) is 5.78. The zero-order valence-electron chi connectivity index (χ0n) is 19.7. The summed E-state index contributed by atoms with van der Waals surface area (Å²) in [6.45, 7) is 8.16. The minimum atomic E-state index is -0.846. The van der Waals surface area contributed by atoms with Crippen LogP contribution in [0.1, 0.15) is 81.4 Å². The summed E-state index contributed by atoms with van der Waals surface area (Å²) in [6, 6.07) is 2.86. The number of hydrogen-bond acceptors (Lipinski definition) is 6. The topological polar surface area (TPSA) is 68.5 Å². The number of carbonyl (C=O) groups excluding carboxylic acids is 1. The average Bonchev–Trinajstić information content (AvgIpc) is 3.36. The maximum absolute atomic E-state index is 14.2. The van der Waals surface area contributed by atoms with Crippen LogP contribution < -0.4 is 9.64 Å². The number of rotatable bonds is 10. The third-order valence-electron chi connectivity index (χ3n) is 6.87. The number of nitrogens with zero attached hydrogens (tertiary/aromatic N) is 3. The molecule has 2 heterocycles. The molecule has 0 spiro atoms. The minimum absolute atomic E-state index is 0.129. The third-order valence-corrected chi connectivity index (χ3v) is 6.87. The van der Waals surface area contributed by atoms with E-state index in [0.717, 1.165) is 50.3 Å². The zero-order chi connectivity index (χ0) is 23.5. The van der Waals surface area contributed by atoms with Gasteiger partial charge in [-0.3, -0.25) is 4.79 Å². The number of aromatic nitrogens is 2. The zero-order valence-corrected chi connectivity index (χ0v) is 19.7. The van der Waals surface area contributed by atoms with Crippen molar-refractivity contribution in [1.29, 1.82) is 0 Å². The monoisotopic (exact) mass is 461 g/mol. The van der Waals surface area contributed by atoms with Crippen molar-refractivity contribution < 1.29 is 22.8 Å². The van der Waals surface area contributed by atoms with E-state index in [2.05, 4.69) is 15.0 Å². The highest BCUT2D eigenvalue weighted by atomic mass is 19.1. The van der Waals surface area contributed by atoms with Gasteiger partial charge in [0.1, 0.15) is 17.4 Å². The van der Waals surface area contributed by atoms with Gasteiger partial charge in [0.2, 0.25) is 0 Å². The number of ether oxygens (including phenoxy) is 1. The number of anilines is 1. The van der Waals surface area contributed by atoms with Gasteiger partial charge >= 0.3 is 6.01 Å². The van der Waals surface area contributed by atoms with Gasteiger partial charge in [0, 0.05) is 37.6 Å². The van der Waals surface area contributed by atoms with E-state index in [4.69, 9.17) is 9.26 Å². The third kappa shape index (κ3) is 5.53. The minimum Gasteiger partial charge on any atom is -0.493 e. The fourth-order valence-corrected chi connectivity index (χ4v) is 4.87. The highest BCUT2D eigenvalue weighted by Crippen LogP contribution is 2.50. The molecule has 0 amide bonds. The van der Waals surface area contributed by atoms with Crippen molar-refractivity contribution in [3.63, 3.8) is 0 Å². The number of halogens is 2. The maximum Gasteiger partial charge on any atom is 0.324 e. The summed E-state index contributed by atoms with van der Waals surface area (Å²) >= 11 is 0. The molecule has 1 aliphatic heterocycles. The molecule has 1 saturated carbocycles. The molecule has 1 saturated heterocycles. The van der Waals surface area contributed by atoms with Gasteiger partial charge in [0.15, 0.2) is 11.6 Å². The number of Topliss-reactive ketones (excluding diaryl/α,β-unsaturated/α-hetero) is 1. The summed E-state index contributed by atoms with van der Waals surface area (Å²) in [6.07, 6.45) is 4.93. The lowest BCUT2D eigenvalue weighted by Crippen LogP contribution is -2.34. The van der Waals surface area contributed by atoms with Gasteiger partial charge in [-0.15, -0.1) is 0 Å². The molecule has 1 aliphatic carbocycles. The van der Waals surface area contributed by atoms with Crippen LogP contribution in [0.3, 0.4) is 0 Å². The van der Waals surface area contributed by atoms with E-state index in [0.29, 0.717) is 36.8 Å². The van der Waals surface area contributed by atoms with Crippen molar-refractivity contribution in [3.05, 3.63) is 35.2 Å². The Morgan fingerprint density at radius 2 is 1.94 bits per heavy atom. The number of carbonyl (C=O) groups is 1. The van der Waals surface area contributed by atoms with Gasteiger partial charge in [0.05, 0.1) is 12.2 Å². The summed E-state index contributed by atoms with van der Waals surface area (Å²) in [5.41, 5.74) is -0.459. The molecule has 4 rings (SSSR count). The molecule has 2 aromatic rings. The number of ketones is 1. The van der Waals surface area contributed by atoms with Crippen LogP contribution in [-0.2, 0) is 0 Å². The van der Waals surface area contributed by atoms with E-state index in [1.54, 1.807) is 6.92 Å². The van der Waals surface area contributed by atoms with Gasteiger partial charge in [0.25, 0.3) is 0 Å². The molecule has 180 valence electrons. The van der Waals surface area contributed by atoms with Crippen LogP contribution in [0.4, 0.5) is 14.8 Å². The summed E-state index contributed by atoms with van der Waals surface area (Å²) in [4.78, 5) is 18.6. The largest absolute Gasteiger partial charge is 0.493 e. The first-order valence-corrected chi connectivity index (χ1v) is 12.1. The Morgan fingerprint density at radius 1 is 1.24 bits per heavy atom. The van der Waals surface area contributed by atoms with E-state index in [9.17, 15) is 13.6 Å². The van der Waals surface area contributed by atoms with Crippen LogP contribution in [0.2, 0.25) is 0 Å². The first-order valence-electron chi connectivity index (χ1n) is 12.1. The van der Waals surface area contributed by atoms with Crippen LogP contribution in [0, 0.1) is 29.4 Å². The first-order chi connectivity index (χ1) is 15.9. The van der Waals surface area contributed by atoms with Crippen LogP contribution in [0.15, 0.2) is 16.7 Å². The quantitative estimate of drug-likeness (QED) is 0.418. The molecule has 0 unspecified atom stereocenters. The molecule has 6 nitrogen and oxygen atoms in total. The van der Waals surface area contributed by atoms with Gasteiger partial charge in [-0.05, 0) is 49.9 Å². The van der Waals surface area contributed by atoms with Crippen LogP contribution >= 0.6 is 0 Å². The summed E-state index contributed by atoms with van der Waals surface area (Å²) in [5, 5.41) is 4.06. The lowest BCUT2D eigenvalue weighted by atomic mass is 9.90. The Morgan fingerprint density at radius 3 is 2.55 bits per heavy atom. The molecule has 2 aliphatic rings. The number of piperidine rings is 1. The highest BCUT2D eigenvalue weighted by molar-refractivity contribution is 5.96. The second-order valence-electron chi connectivity index (χ2n) is 9.65. The smallest absolute Gasteiger partial charge is 0.324 e. The van der Waals surface area contributed by atoms with Gasteiger partial charge in [-0.1, -0.05) is 25.9 Å². The number of benzene rings is 1. The second kappa shape index (κ2) is 10.2. The van der Waals surface area contributed by atoms with E-state index >= 15 is 0 Å². The van der Waals surface area contributed by atoms with Gasteiger partial charge < -0.3 is 14.2 Å². The second-order valence-corrected chi connectivity index (χ2v) is 9.65. The summed E-state index contributed by atoms with van der Waals surface area (Å²) < 4.78 is 39.5. The molecule has 0 bridgehead atoms. The normalized spacial score (nSPS) is 21.0. The van der Waals surface area contributed by atoms with Crippen molar-refractivity contribution in [2.45, 2.75) is 65.2 Å². The molecule has 1 aromatic heterocycles. The Balaban J connectivity index is 1.20. The molecule has 8 heteroatoms. The maximum atomic E-state index is 14.2. The van der Waals surface area contributed by atoms with Crippen molar-refractivity contribution >= 4 is 11.8 Å². The van der Waals surface area contributed by atoms with Crippen LogP contribution in [0.25, 0.3) is 0 Å². The van der Waals surface area contributed by atoms with Crippen LogP contribution in [0.5, 0.6) is 5.75 Å². The van der Waals surface area contributed by atoms with Gasteiger partial charge in [-0.2, -0.15) is 4.98 Å². The van der Waals surface area contributed by atoms with E-state index < -0.39 is 23.0 Å². The Bertz CT molecular complexity index is 947. The SMILES string of the molecule is CCCC(=O)c1c(F)cc(OCC[C@@H]2C[C@@H]2C2CCN(c3nc(C(C)C)no3)CC2)cc1F. The van der Waals surface area contributed by atoms with E-state index in [-0.39, 0.29) is 18.1 Å². The van der Waals surface area contributed by atoms with Crippen molar-refractivity contribution in [2.24, 2.45) is 17.8 Å². The lowest BCUT2D eigenvalue weighted by Gasteiger charge is -2.30. The van der Waals surface area contributed by atoms with Crippen LogP contribution in [-0.4, -0.2) is 35.6 Å². The first kappa shape index (κ1) is 23.6. The van der Waals surface area contributed by atoms with E-state index in [1.165, 1.54) is 6.42 Å². The van der Waals surface area contributed by atoms with Crippen molar-refractivity contribution in [1.82, 2.24) is 10.1 Å². The number of hydrogen-bond donors (Lipinski definition) is 0. The van der Waals surface area contributed by atoms with E-state index in [1.807, 2.05) is 13.8 Å². The summed E-state index contributed by atoms with van der Waals surface area (Å²) in [5.74, 6) is 0.902. The Hall–Kier alpha value is -2.51. The molecular formula is C25H33F2N3O3. The molecule has 2 atom stereocenters. The molecule has 1 aromatic carbocycles. The molecule has 2 fully saturated rings. The average molecular weight is 462 g/mol. The van der Waals surface area contributed by atoms with Gasteiger partial charge in [-0.25, -0.2) is 8.78 Å². The molecule has 0 N–H and O–H groups in total. The fraction of sp³-hybridized carbons (Fsp3) is 0.640. The summed E-state index contributed by atoms with van der Waals surface area (Å²) in [7, 11) is 0. The fourth-order valence-electron chi connectivity index (χ4n) is 4.87. The lowest BCUT2D eigenvalue weighted by molar-refractivity contribution is 0.0973. The predicted molar refractivity (Wildman–Crippen MR) is 121 cm³/mol. The molecule has 0 radical (unpaired) electrons. The molecule has 33 heavy (non-hydrogen) atoms. The van der Waals surface area contributed by atoms with Crippen molar-refractivity contribution in [2.75, 3.05) is 24.6 Å². The Kier molecular flexibility index (Phi) is 7.29. The standard InChI is InChI=1S/C25H33F2N3O3/c1-4-5-22(31)23-20(26)13-18(14-21(23)27)32-11-8-17-12-19(17)16-6-9-30(10-7-16)25-28-24(15(2)3)29-33-25/h13-17,19H,4-12H2,1-3H3/t17-,19-/m1/s1. The molecular weight excluding hydrogens is 428 g/mol. The Labute approximate surface area is 193 Å². The van der Waals surface area contributed by atoms with Crippen molar-refractivity contribution in [3.8, 4) is 5.75 Å². The highest BCUT2D eigenvalue weighted by Gasteiger charge is 2.43.